The van der Waals surface area contributed by atoms with Crippen molar-refractivity contribution < 1.29 is 13.2 Å². The van der Waals surface area contributed by atoms with Crippen molar-refractivity contribution in [1.29, 1.82) is 0 Å². The van der Waals surface area contributed by atoms with E-state index in [-0.39, 0.29) is 34.6 Å². The maximum absolute atomic E-state index is 12.6. The molecule has 5 nitrogen and oxygen atoms in total. The van der Waals surface area contributed by atoms with Crippen LogP contribution in [0.2, 0.25) is 0 Å². The molecule has 2 aliphatic heterocycles. The number of thioether (sulfide) groups is 1. The van der Waals surface area contributed by atoms with Crippen LogP contribution in [-0.4, -0.2) is 42.3 Å². The first-order valence-corrected chi connectivity index (χ1v) is 12.3. The van der Waals surface area contributed by atoms with E-state index in [1.54, 1.807) is 0 Å². The molecule has 2 aliphatic rings. The number of carbonyl (C=O) groups is 1. The summed E-state index contributed by atoms with van der Waals surface area (Å²) in [6.07, 6.45) is 1.53. The number of carbonyl (C=O) groups excluding carboxylic acids is 1. The zero-order chi connectivity index (χ0) is 19.8. The van der Waals surface area contributed by atoms with Crippen molar-refractivity contribution in [3.05, 3.63) is 29.8 Å². The Bertz CT molecular complexity index is 827. The lowest BCUT2D eigenvalue weighted by molar-refractivity contribution is -0.121. The van der Waals surface area contributed by atoms with Crippen LogP contribution in [0.4, 0.5) is 5.69 Å². The summed E-state index contributed by atoms with van der Waals surface area (Å²) in [5.41, 5.74) is 2.14. The van der Waals surface area contributed by atoms with Crippen LogP contribution < -0.4 is 4.90 Å². The van der Waals surface area contributed by atoms with Crippen LogP contribution in [0.15, 0.2) is 29.3 Å². The quantitative estimate of drug-likeness (QED) is 0.740. The third-order valence-electron chi connectivity index (χ3n) is 5.45. The number of benzene rings is 1. The van der Waals surface area contributed by atoms with Gasteiger partial charge < -0.3 is 4.90 Å². The fraction of sp³-hybridized carbons (Fsp3) is 0.600. The molecule has 0 saturated carbocycles. The van der Waals surface area contributed by atoms with Crippen molar-refractivity contribution in [2.75, 3.05) is 16.4 Å². The molecule has 1 amide bonds. The van der Waals surface area contributed by atoms with Gasteiger partial charge in [0.15, 0.2) is 15.0 Å². The van der Waals surface area contributed by atoms with Gasteiger partial charge in [0.05, 0.1) is 17.5 Å². The number of hydrogen-bond acceptors (Lipinski definition) is 4. The summed E-state index contributed by atoms with van der Waals surface area (Å²) in [5.74, 6) is 0.522. The maximum Gasteiger partial charge on any atom is 0.251 e. The van der Waals surface area contributed by atoms with Crippen molar-refractivity contribution in [2.45, 2.75) is 57.7 Å². The van der Waals surface area contributed by atoms with Crippen LogP contribution in [0.25, 0.3) is 0 Å². The minimum Gasteiger partial charge on any atom is -0.316 e. The SMILES string of the molecule is CCC(CC)C(=O)N=C1S[C@H]2CS(=O)(=O)C[C@H]2N1c1ccc(C(C)C)cc1. The van der Waals surface area contributed by atoms with E-state index >= 15 is 0 Å². The number of amides is 1. The summed E-state index contributed by atoms with van der Waals surface area (Å²) in [7, 11) is -3.05. The number of rotatable bonds is 5. The van der Waals surface area contributed by atoms with E-state index in [0.29, 0.717) is 11.1 Å². The minimum absolute atomic E-state index is 0.0620. The lowest BCUT2D eigenvalue weighted by Crippen LogP contribution is -2.37. The van der Waals surface area contributed by atoms with Crippen LogP contribution >= 0.6 is 11.8 Å². The van der Waals surface area contributed by atoms with Crippen LogP contribution in [0.1, 0.15) is 52.0 Å². The van der Waals surface area contributed by atoms with Gasteiger partial charge in [-0.2, -0.15) is 4.99 Å². The van der Waals surface area contributed by atoms with Crippen molar-refractivity contribution >= 4 is 38.4 Å². The Morgan fingerprint density at radius 3 is 2.37 bits per heavy atom. The molecule has 0 bridgehead atoms. The van der Waals surface area contributed by atoms with Gasteiger partial charge in [-0.15, -0.1) is 0 Å². The minimum atomic E-state index is -3.05. The predicted octanol–water partition coefficient (Wildman–Crippen LogP) is 3.85. The Hall–Kier alpha value is -1.34. The highest BCUT2D eigenvalue weighted by Gasteiger charge is 2.49. The number of nitrogens with zero attached hydrogens (tertiary/aromatic N) is 2. The summed E-state index contributed by atoms with van der Waals surface area (Å²) in [4.78, 5) is 19.0. The first kappa shape index (κ1) is 20.4. The summed E-state index contributed by atoms with van der Waals surface area (Å²) < 4.78 is 24.3. The molecular formula is C20H28N2O3S2. The van der Waals surface area contributed by atoms with Gasteiger partial charge in [-0.1, -0.05) is 51.6 Å². The van der Waals surface area contributed by atoms with Crippen LogP contribution in [0, 0.1) is 5.92 Å². The van der Waals surface area contributed by atoms with Crippen molar-refractivity contribution in [3.8, 4) is 0 Å². The Labute approximate surface area is 166 Å². The molecule has 2 fully saturated rings. The Morgan fingerprint density at radius 2 is 1.81 bits per heavy atom. The second-order valence-corrected chi connectivity index (χ2v) is 11.0. The first-order valence-electron chi connectivity index (χ1n) is 9.64. The van der Waals surface area contributed by atoms with Crippen LogP contribution in [-0.2, 0) is 14.6 Å². The summed E-state index contributed by atoms with van der Waals surface area (Å²) in [5, 5.41) is 0.585. The Kier molecular flexibility index (Phi) is 6.01. The van der Waals surface area contributed by atoms with Gasteiger partial charge in [-0.25, -0.2) is 8.42 Å². The fourth-order valence-electron chi connectivity index (χ4n) is 3.71. The van der Waals surface area contributed by atoms with E-state index in [2.05, 4.69) is 31.0 Å². The lowest BCUT2D eigenvalue weighted by Gasteiger charge is -2.25. The second-order valence-electron chi connectivity index (χ2n) is 7.66. The van der Waals surface area contributed by atoms with E-state index in [9.17, 15) is 13.2 Å². The molecule has 148 valence electrons. The molecule has 0 N–H and O–H groups in total. The molecule has 0 aromatic heterocycles. The van der Waals surface area contributed by atoms with Crippen molar-refractivity contribution in [1.82, 2.24) is 0 Å². The fourth-order valence-corrected chi connectivity index (χ4v) is 7.63. The van der Waals surface area contributed by atoms with E-state index in [0.717, 1.165) is 18.5 Å². The molecule has 3 rings (SSSR count). The van der Waals surface area contributed by atoms with Gasteiger partial charge in [0, 0.05) is 16.9 Å². The third kappa shape index (κ3) is 4.24. The van der Waals surface area contributed by atoms with Crippen LogP contribution in [0.3, 0.4) is 0 Å². The number of fused-ring (bicyclic) bond motifs is 1. The molecule has 0 radical (unpaired) electrons. The van der Waals surface area contributed by atoms with Gasteiger partial charge in [0.25, 0.3) is 5.91 Å². The number of anilines is 1. The zero-order valence-corrected chi connectivity index (χ0v) is 18.0. The molecule has 1 aromatic carbocycles. The third-order valence-corrected chi connectivity index (χ3v) is 8.65. The van der Waals surface area contributed by atoms with Crippen molar-refractivity contribution in [2.24, 2.45) is 10.9 Å². The monoisotopic (exact) mass is 408 g/mol. The first-order chi connectivity index (χ1) is 12.8. The number of aliphatic imine (C=N–C) groups is 1. The molecule has 27 heavy (non-hydrogen) atoms. The predicted molar refractivity (Wildman–Crippen MR) is 113 cm³/mol. The van der Waals surface area contributed by atoms with E-state index in [4.69, 9.17) is 0 Å². The van der Waals surface area contributed by atoms with Gasteiger partial charge >= 0.3 is 0 Å². The van der Waals surface area contributed by atoms with Crippen molar-refractivity contribution in [3.63, 3.8) is 0 Å². The van der Waals surface area contributed by atoms with Crippen LogP contribution in [0.5, 0.6) is 0 Å². The molecule has 2 saturated heterocycles. The molecular weight excluding hydrogens is 380 g/mol. The molecule has 0 unspecified atom stereocenters. The molecule has 2 atom stereocenters. The number of hydrogen-bond donors (Lipinski definition) is 0. The van der Waals surface area contributed by atoms with Gasteiger partial charge in [0.1, 0.15) is 0 Å². The molecule has 0 spiro atoms. The molecule has 0 aliphatic carbocycles. The number of sulfone groups is 1. The highest BCUT2D eigenvalue weighted by atomic mass is 32.2. The van der Waals surface area contributed by atoms with Gasteiger partial charge in [-0.05, 0) is 36.5 Å². The summed E-state index contributed by atoms with van der Waals surface area (Å²) >= 11 is 1.44. The van der Waals surface area contributed by atoms with Gasteiger partial charge in [-0.3, -0.25) is 4.79 Å². The molecule has 2 heterocycles. The number of amidine groups is 1. The topological polar surface area (TPSA) is 66.8 Å². The average Bonchev–Trinajstić information content (AvgIpc) is 3.06. The smallest absolute Gasteiger partial charge is 0.251 e. The van der Waals surface area contributed by atoms with E-state index in [1.165, 1.54) is 17.3 Å². The molecule has 1 aromatic rings. The molecule has 7 heteroatoms. The highest BCUT2D eigenvalue weighted by Crippen LogP contribution is 2.41. The largest absolute Gasteiger partial charge is 0.316 e. The Balaban J connectivity index is 1.96. The Morgan fingerprint density at radius 1 is 1.19 bits per heavy atom. The summed E-state index contributed by atoms with van der Waals surface area (Å²) in [6, 6.07) is 8.02. The normalized spacial score (nSPS) is 25.6. The zero-order valence-electron chi connectivity index (χ0n) is 16.4. The summed E-state index contributed by atoms with van der Waals surface area (Å²) in [6.45, 7) is 8.28. The van der Waals surface area contributed by atoms with E-state index < -0.39 is 9.84 Å². The highest BCUT2D eigenvalue weighted by molar-refractivity contribution is 8.16. The second kappa shape index (κ2) is 7.95. The lowest BCUT2D eigenvalue weighted by atomic mass is 10.0. The van der Waals surface area contributed by atoms with Gasteiger partial charge in [0.2, 0.25) is 0 Å². The standard InChI is InChI=1S/C20H28N2O3S2/c1-5-14(6-2)19(23)21-20-22(16-9-7-15(8-10-16)13(3)4)17-11-27(24,25)12-18(17)26-20/h7-10,13-14,17-18H,5-6,11-12H2,1-4H3/t17-,18+/m1/s1. The maximum atomic E-state index is 12.6. The average molecular weight is 409 g/mol. The van der Waals surface area contributed by atoms with E-state index in [1.807, 2.05) is 30.9 Å².